The molecule has 0 radical (unpaired) electrons. The maximum Gasteiger partial charge on any atom is 0.255 e. The number of pyridine rings is 1. The number of carbonyl (C=O) groups is 1. The first-order valence-corrected chi connectivity index (χ1v) is 9.59. The van der Waals surface area contributed by atoms with Gasteiger partial charge in [-0.05, 0) is 49.9 Å². The van der Waals surface area contributed by atoms with Crippen molar-refractivity contribution < 1.29 is 19.0 Å². The van der Waals surface area contributed by atoms with Crippen LogP contribution in [0.5, 0.6) is 17.2 Å². The van der Waals surface area contributed by atoms with Crippen LogP contribution in [0.4, 0.5) is 5.82 Å². The number of rotatable bonds is 5. The standard InChI is InChI=1S/C21H25N3O4/c1-24(2)20-17(4-3-11-22-20)21(25)23-14-5-7-15(8-6-14)28-16-9-10-18-19(12-16)27-13-26-18/h3-4,9-12,14-15H,5-8,13H2,1-2H3,(H,23,25). The third-order valence-electron chi connectivity index (χ3n) is 5.11. The highest BCUT2D eigenvalue weighted by atomic mass is 16.7. The second kappa shape index (κ2) is 7.96. The van der Waals surface area contributed by atoms with E-state index in [2.05, 4.69) is 10.3 Å². The molecule has 0 saturated heterocycles. The Morgan fingerprint density at radius 1 is 1.14 bits per heavy atom. The van der Waals surface area contributed by atoms with Gasteiger partial charge in [0.2, 0.25) is 6.79 Å². The Hall–Kier alpha value is -2.96. The summed E-state index contributed by atoms with van der Waals surface area (Å²) >= 11 is 0. The lowest BCUT2D eigenvalue weighted by atomic mass is 9.92. The minimum Gasteiger partial charge on any atom is -0.490 e. The Morgan fingerprint density at radius 3 is 2.71 bits per heavy atom. The molecule has 2 aromatic rings. The van der Waals surface area contributed by atoms with Gasteiger partial charge < -0.3 is 24.4 Å². The van der Waals surface area contributed by atoms with E-state index in [-0.39, 0.29) is 24.8 Å². The number of amides is 1. The number of anilines is 1. The average molecular weight is 383 g/mol. The second-order valence-electron chi connectivity index (χ2n) is 7.35. The predicted molar refractivity (Wildman–Crippen MR) is 105 cm³/mol. The highest BCUT2D eigenvalue weighted by Gasteiger charge is 2.25. The van der Waals surface area contributed by atoms with Crippen LogP contribution in [-0.4, -0.2) is 43.9 Å². The molecular formula is C21H25N3O4. The molecule has 1 saturated carbocycles. The van der Waals surface area contributed by atoms with Crippen LogP contribution in [0.1, 0.15) is 36.0 Å². The fourth-order valence-electron chi connectivity index (χ4n) is 3.66. The van der Waals surface area contributed by atoms with Crippen molar-refractivity contribution in [3.63, 3.8) is 0 Å². The molecule has 1 aromatic carbocycles. The van der Waals surface area contributed by atoms with Crippen molar-refractivity contribution in [3.05, 3.63) is 42.1 Å². The summed E-state index contributed by atoms with van der Waals surface area (Å²) in [6.07, 6.45) is 5.41. The van der Waals surface area contributed by atoms with Gasteiger partial charge in [0.25, 0.3) is 5.91 Å². The third kappa shape index (κ3) is 3.98. The van der Waals surface area contributed by atoms with Crippen LogP contribution < -0.4 is 24.4 Å². The van der Waals surface area contributed by atoms with Crippen LogP contribution in [0, 0.1) is 0 Å². The normalized spacial score (nSPS) is 20.5. The van der Waals surface area contributed by atoms with Gasteiger partial charge >= 0.3 is 0 Å². The zero-order valence-corrected chi connectivity index (χ0v) is 16.2. The van der Waals surface area contributed by atoms with Crippen molar-refractivity contribution in [1.82, 2.24) is 10.3 Å². The number of benzene rings is 1. The number of hydrogen-bond acceptors (Lipinski definition) is 6. The zero-order chi connectivity index (χ0) is 19.5. The Bertz CT molecular complexity index is 847. The molecule has 2 aliphatic rings. The van der Waals surface area contributed by atoms with E-state index in [4.69, 9.17) is 14.2 Å². The molecular weight excluding hydrogens is 358 g/mol. The van der Waals surface area contributed by atoms with Crippen LogP contribution in [0.15, 0.2) is 36.5 Å². The van der Waals surface area contributed by atoms with E-state index in [0.29, 0.717) is 11.4 Å². The highest BCUT2D eigenvalue weighted by molar-refractivity contribution is 5.99. The lowest BCUT2D eigenvalue weighted by Crippen LogP contribution is -2.40. The number of hydrogen-bond donors (Lipinski definition) is 1. The number of aromatic nitrogens is 1. The SMILES string of the molecule is CN(C)c1ncccc1C(=O)NC1CCC(Oc2ccc3c(c2)OCO3)CC1. The average Bonchev–Trinajstić information content (AvgIpc) is 3.17. The van der Waals surface area contributed by atoms with Crippen molar-refractivity contribution in [3.8, 4) is 17.2 Å². The van der Waals surface area contributed by atoms with Crippen LogP contribution in [-0.2, 0) is 0 Å². The topological polar surface area (TPSA) is 72.9 Å². The van der Waals surface area contributed by atoms with E-state index in [1.807, 2.05) is 43.3 Å². The Kier molecular flexibility index (Phi) is 5.23. The molecule has 1 aromatic heterocycles. The van der Waals surface area contributed by atoms with E-state index < -0.39 is 0 Å². The van der Waals surface area contributed by atoms with E-state index in [9.17, 15) is 4.79 Å². The number of carbonyl (C=O) groups excluding carboxylic acids is 1. The largest absolute Gasteiger partial charge is 0.490 e. The first-order chi connectivity index (χ1) is 13.6. The molecule has 28 heavy (non-hydrogen) atoms. The van der Waals surface area contributed by atoms with Crippen LogP contribution in [0.2, 0.25) is 0 Å². The van der Waals surface area contributed by atoms with Crippen molar-refractivity contribution in [2.75, 3.05) is 25.8 Å². The van der Waals surface area contributed by atoms with E-state index in [1.165, 1.54) is 0 Å². The summed E-state index contributed by atoms with van der Waals surface area (Å²) in [7, 11) is 3.77. The summed E-state index contributed by atoms with van der Waals surface area (Å²) in [6.45, 7) is 0.260. The van der Waals surface area contributed by atoms with Gasteiger partial charge in [0, 0.05) is 32.4 Å². The molecule has 0 atom stereocenters. The van der Waals surface area contributed by atoms with Gasteiger partial charge in [-0.25, -0.2) is 4.98 Å². The summed E-state index contributed by atoms with van der Waals surface area (Å²) in [4.78, 5) is 18.8. The van der Waals surface area contributed by atoms with E-state index in [0.717, 1.165) is 42.9 Å². The van der Waals surface area contributed by atoms with E-state index in [1.54, 1.807) is 12.3 Å². The monoisotopic (exact) mass is 383 g/mol. The molecule has 4 rings (SSSR count). The molecule has 0 unspecified atom stereocenters. The lowest BCUT2D eigenvalue weighted by molar-refractivity contribution is 0.0894. The third-order valence-corrected chi connectivity index (χ3v) is 5.11. The Labute approximate surface area is 164 Å². The van der Waals surface area contributed by atoms with Gasteiger partial charge in [0.05, 0.1) is 11.7 Å². The first-order valence-electron chi connectivity index (χ1n) is 9.59. The molecule has 148 valence electrons. The fourth-order valence-corrected chi connectivity index (χ4v) is 3.66. The molecule has 1 amide bonds. The van der Waals surface area contributed by atoms with Crippen molar-refractivity contribution in [2.24, 2.45) is 0 Å². The van der Waals surface area contributed by atoms with Crippen molar-refractivity contribution in [1.29, 1.82) is 0 Å². The van der Waals surface area contributed by atoms with Crippen LogP contribution in [0.25, 0.3) is 0 Å². The van der Waals surface area contributed by atoms with E-state index >= 15 is 0 Å². The maximum atomic E-state index is 12.7. The number of ether oxygens (including phenoxy) is 3. The predicted octanol–water partition coefficient (Wildman–Crippen LogP) is 3.00. The summed E-state index contributed by atoms with van der Waals surface area (Å²) in [5.41, 5.74) is 0.603. The van der Waals surface area contributed by atoms with Gasteiger partial charge in [-0.2, -0.15) is 0 Å². The second-order valence-corrected chi connectivity index (χ2v) is 7.35. The summed E-state index contributed by atoms with van der Waals surface area (Å²) in [5, 5.41) is 3.15. The molecule has 7 heteroatoms. The van der Waals surface area contributed by atoms with Crippen LogP contribution >= 0.6 is 0 Å². The van der Waals surface area contributed by atoms with Gasteiger partial charge in [-0.3, -0.25) is 4.79 Å². The number of nitrogens with zero attached hydrogens (tertiary/aromatic N) is 2. The molecule has 0 spiro atoms. The molecule has 1 fully saturated rings. The van der Waals surface area contributed by atoms with Crippen LogP contribution in [0.3, 0.4) is 0 Å². The highest BCUT2D eigenvalue weighted by Crippen LogP contribution is 2.36. The molecule has 0 bridgehead atoms. The smallest absolute Gasteiger partial charge is 0.255 e. The minimum absolute atomic E-state index is 0.0723. The fraction of sp³-hybridized carbons (Fsp3) is 0.429. The molecule has 2 heterocycles. The lowest BCUT2D eigenvalue weighted by Gasteiger charge is -2.30. The first kappa shape index (κ1) is 18.4. The quantitative estimate of drug-likeness (QED) is 0.856. The molecule has 1 N–H and O–H groups in total. The minimum atomic E-state index is -0.0723. The van der Waals surface area contributed by atoms with Gasteiger partial charge in [-0.15, -0.1) is 0 Å². The zero-order valence-electron chi connectivity index (χ0n) is 16.2. The molecule has 7 nitrogen and oxygen atoms in total. The van der Waals surface area contributed by atoms with Gasteiger partial charge in [0.1, 0.15) is 11.6 Å². The Balaban J connectivity index is 1.30. The molecule has 1 aliphatic heterocycles. The molecule has 1 aliphatic carbocycles. The summed E-state index contributed by atoms with van der Waals surface area (Å²) in [5.74, 6) is 2.89. The number of fused-ring (bicyclic) bond motifs is 1. The summed E-state index contributed by atoms with van der Waals surface area (Å²) < 4.78 is 16.8. The van der Waals surface area contributed by atoms with Crippen molar-refractivity contribution in [2.45, 2.75) is 37.8 Å². The Morgan fingerprint density at radius 2 is 1.93 bits per heavy atom. The number of nitrogens with one attached hydrogen (secondary N) is 1. The van der Waals surface area contributed by atoms with Gasteiger partial charge in [-0.1, -0.05) is 0 Å². The van der Waals surface area contributed by atoms with Gasteiger partial charge in [0.15, 0.2) is 11.5 Å². The summed E-state index contributed by atoms with van der Waals surface area (Å²) in [6, 6.07) is 9.41. The maximum absolute atomic E-state index is 12.7. The van der Waals surface area contributed by atoms with Crippen molar-refractivity contribution >= 4 is 11.7 Å².